The zero-order valence-corrected chi connectivity index (χ0v) is 9.51. The van der Waals surface area contributed by atoms with E-state index in [-0.39, 0.29) is 25.4 Å². The molecule has 0 aromatic heterocycles. The monoisotopic (exact) mass is 238 g/mol. The van der Waals surface area contributed by atoms with Crippen molar-refractivity contribution < 1.29 is 24.2 Å². The molecule has 17 heavy (non-hydrogen) atoms. The maximum atomic E-state index is 11.4. The van der Waals surface area contributed by atoms with Crippen LogP contribution in [0.25, 0.3) is 0 Å². The highest BCUT2D eigenvalue weighted by molar-refractivity contribution is 5.97. The number of aliphatic carboxylic acids is 1. The van der Waals surface area contributed by atoms with Crippen LogP contribution in [-0.2, 0) is 9.53 Å². The summed E-state index contributed by atoms with van der Waals surface area (Å²) in [5.74, 6) is -0.471. The van der Waals surface area contributed by atoms with Crippen molar-refractivity contribution in [3.05, 3.63) is 29.8 Å². The maximum absolute atomic E-state index is 11.4. The molecule has 0 aliphatic heterocycles. The molecule has 0 heterocycles. The molecule has 1 N–H and O–H groups in total. The SMILES string of the molecule is COCC(=O)c1ccc(OCCC(=O)O)cc1. The average molecular weight is 238 g/mol. The molecule has 5 nitrogen and oxygen atoms in total. The predicted molar refractivity (Wildman–Crippen MR) is 60.4 cm³/mol. The third-order valence-electron chi connectivity index (χ3n) is 2.04. The summed E-state index contributed by atoms with van der Waals surface area (Å²) < 4.78 is 9.92. The maximum Gasteiger partial charge on any atom is 0.306 e. The number of rotatable bonds is 7. The summed E-state index contributed by atoms with van der Waals surface area (Å²) in [5.41, 5.74) is 0.539. The van der Waals surface area contributed by atoms with Crippen LogP contribution in [0.4, 0.5) is 0 Å². The van der Waals surface area contributed by atoms with Crippen LogP contribution in [-0.4, -0.2) is 37.2 Å². The van der Waals surface area contributed by atoms with E-state index in [9.17, 15) is 9.59 Å². The first-order valence-corrected chi connectivity index (χ1v) is 5.10. The van der Waals surface area contributed by atoms with E-state index in [1.54, 1.807) is 24.3 Å². The van der Waals surface area contributed by atoms with Crippen LogP contribution in [0.3, 0.4) is 0 Å². The average Bonchev–Trinajstić information content (AvgIpc) is 2.30. The molecule has 5 heteroatoms. The lowest BCUT2D eigenvalue weighted by molar-refractivity contribution is -0.137. The summed E-state index contributed by atoms with van der Waals surface area (Å²) in [5, 5.41) is 8.43. The number of methoxy groups -OCH3 is 1. The normalized spacial score (nSPS) is 9.94. The number of Topliss-reactive ketones (excluding diaryl/α,β-unsaturated/α-hetero) is 1. The standard InChI is InChI=1S/C12H14O5/c1-16-8-11(13)9-2-4-10(5-3-9)17-7-6-12(14)15/h2-5H,6-8H2,1H3,(H,14,15). The van der Waals surface area contributed by atoms with Crippen molar-refractivity contribution in [2.24, 2.45) is 0 Å². The Bertz CT molecular complexity index is 382. The Morgan fingerprint density at radius 1 is 1.24 bits per heavy atom. The minimum atomic E-state index is -0.906. The molecule has 92 valence electrons. The van der Waals surface area contributed by atoms with Crippen molar-refractivity contribution in [1.82, 2.24) is 0 Å². The van der Waals surface area contributed by atoms with Gasteiger partial charge in [0.2, 0.25) is 0 Å². The molecule has 0 fully saturated rings. The number of hydrogen-bond donors (Lipinski definition) is 1. The summed E-state index contributed by atoms with van der Waals surface area (Å²) >= 11 is 0. The van der Waals surface area contributed by atoms with E-state index in [0.29, 0.717) is 11.3 Å². The highest BCUT2D eigenvalue weighted by Gasteiger charge is 2.05. The number of benzene rings is 1. The molecule has 0 saturated carbocycles. The smallest absolute Gasteiger partial charge is 0.306 e. The molecule has 0 radical (unpaired) electrons. The van der Waals surface area contributed by atoms with E-state index in [4.69, 9.17) is 14.6 Å². The second kappa shape index (κ2) is 6.65. The summed E-state index contributed by atoms with van der Waals surface area (Å²) in [6, 6.07) is 6.50. The molecule has 0 aliphatic rings. The summed E-state index contributed by atoms with van der Waals surface area (Å²) in [4.78, 5) is 21.7. The topological polar surface area (TPSA) is 72.8 Å². The minimum Gasteiger partial charge on any atom is -0.493 e. The molecule has 1 aromatic rings. The van der Waals surface area contributed by atoms with Crippen LogP contribution in [0.15, 0.2) is 24.3 Å². The second-order valence-corrected chi connectivity index (χ2v) is 3.37. The molecule has 0 bridgehead atoms. The highest BCUT2D eigenvalue weighted by atomic mass is 16.5. The largest absolute Gasteiger partial charge is 0.493 e. The van der Waals surface area contributed by atoms with Gasteiger partial charge in [0.1, 0.15) is 12.4 Å². The van der Waals surface area contributed by atoms with Crippen molar-refractivity contribution in [3.8, 4) is 5.75 Å². The Morgan fingerprint density at radius 2 is 1.88 bits per heavy atom. The van der Waals surface area contributed by atoms with Gasteiger partial charge in [-0.1, -0.05) is 0 Å². The molecule has 0 unspecified atom stereocenters. The molecule has 0 spiro atoms. The van der Waals surface area contributed by atoms with Crippen LogP contribution in [0.2, 0.25) is 0 Å². The molecular formula is C12H14O5. The number of carbonyl (C=O) groups is 2. The highest BCUT2D eigenvalue weighted by Crippen LogP contribution is 2.12. The fourth-order valence-corrected chi connectivity index (χ4v) is 1.21. The van der Waals surface area contributed by atoms with Crippen molar-refractivity contribution >= 4 is 11.8 Å². The van der Waals surface area contributed by atoms with Gasteiger partial charge in [0.05, 0.1) is 13.0 Å². The Morgan fingerprint density at radius 3 is 2.41 bits per heavy atom. The lowest BCUT2D eigenvalue weighted by atomic mass is 10.1. The van der Waals surface area contributed by atoms with Crippen LogP contribution >= 0.6 is 0 Å². The summed E-state index contributed by atoms with van der Waals surface area (Å²) in [6.07, 6.45) is -0.0512. The fraction of sp³-hybridized carbons (Fsp3) is 0.333. The first-order chi connectivity index (χ1) is 8.13. The predicted octanol–water partition coefficient (Wildman–Crippen LogP) is 1.37. The van der Waals surface area contributed by atoms with Gasteiger partial charge in [-0.05, 0) is 24.3 Å². The lowest BCUT2D eigenvalue weighted by Gasteiger charge is -2.05. The van der Waals surface area contributed by atoms with E-state index in [1.165, 1.54) is 7.11 Å². The lowest BCUT2D eigenvalue weighted by Crippen LogP contribution is -2.07. The second-order valence-electron chi connectivity index (χ2n) is 3.37. The van der Waals surface area contributed by atoms with Gasteiger partial charge in [-0.15, -0.1) is 0 Å². The number of carboxylic acids is 1. The Hall–Kier alpha value is -1.88. The Labute approximate surface area is 99.0 Å². The molecular weight excluding hydrogens is 224 g/mol. The number of ether oxygens (including phenoxy) is 2. The summed E-state index contributed by atoms with van der Waals surface area (Å²) in [7, 11) is 1.46. The molecule has 1 aromatic carbocycles. The van der Waals surface area contributed by atoms with E-state index in [0.717, 1.165) is 0 Å². The van der Waals surface area contributed by atoms with Crippen LogP contribution in [0, 0.1) is 0 Å². The molecule has 0 aliphatic carbocycles. The Kier molecular flexibility index (Phi) is 5.16. The zero-order valence-electron chi connectivity index (χ0n) is 9.51. The van der Waals surface area contributed by atoms with E-state index >= 15 is 0 Å². The van der Waals surface area contributed by atoms with Crippen molar-refractivity contribution in [3.63, 3.8) is 0 Å². The minimum absolute atomic E-state index is 0.0409. The third-order valence-corrected chi connectivity index (χ3v) is 2.04. The first kappa shape index (κ1) is 13.2. The number of carbonyl (C=O) groups excluding carboxylic acids is 1. The van der Waals surface area contributed by atoms with Crippen LogP contribution < -0.4 is 4.74 Å². The third kappa shape index (κ3) is 4.65. The van der Waals surface area contributed by atoms with Crippen LogP contribution in [0.5, 0.6) is 5.75 Å². The zero-order chi connectivity index (χ0) is 12.7. The first-order valence-electron chi connectivity index (χ1n) is 5.10. The molecule has 0 atom stereocenters. The van der Waals surface area contributed by atoms with E-state index < -0.39 is 5.97 Å². The number of hydrogen-bond acceptors (Lipinski definition) is 4. The van der Waals surface area contributed by atoms with Gasteiger partial charge in [-0.25, -0.2) is 0 Å². The van der Waals surface area contributed by atoms with Gasteiger partial charge in [0, 0.05) is 12.7 Å². The van der Waals surface area contributed by atoms with Crippen molar-refractivity contribution in [1.29, 1.82) is 0 Å². The number of ketones is 1. The Balaban J connectivity index is 2.50. The van der Waals surface area contributed by atoms with Gasteiger partial charge < -0.3 is 14.6 Å². The van der Waals surface area contributed by atoms with E-state index in [1.807, 2.05) is 0 Å². The van der Waals surface area contributed by atoms with E-state index in [2.05, 4.69) is 0 Å². The van der Waals surface area contributed by atoms with Gasteiger partial charge in [-0.3, -0.25) is 9.59 Å². The van der Waals surface area contributed by atoms with Crippen molar-refractivity contribution in [2.75, 3.05) is 20.3 Å². The van der Waals surface area contributed by atoms with Gasteiger partial charge >= 0.3 is 5.97 Å². The molecule has 1 rings (SSSR count). The van der Waals surface area contributed by atoms with Gasteiger partial charge in [-0.2, -0.15) is 0 Å². The number of carboxylic acid groups (broad SMARTS) is 1. The van der Waals surface area contributed by atoms with Crippen LogP contribution in [0.1, 0.15) is 16.8 Å². The molecule has 0 amide bonds. The van der Waals surface area contributed by atoms with Gasteiger partial charge in [0.25, 0.3) is 0 Å². The molecule has 0 saturated heterocycles. The van der Waals surface area contributed by atoms with Gasteiger partial charge in [0.15, 0.2) is 5.78 Å². The van der Waals surface area contributed by atoms with Crippen molar-refractivity contribution in [2.45, 2.75) is 6.42 Å². The fourth-order valence-electron chi connectivity index (χ4n) is 1.21. The quantitative estimate of drug-likeness (QED) is 0.726. The summed E-state index contributed by atoms with van der Waals surface area (Å²) in [6.45, 7) is 0.153.